The Hall–Kier alpha value is -0.260. The minimum atomic E-state index is -0.210. The van der Waals surface area contributed by atoms with Crippen LogP contribution in [0.25, 0.3) is 0 Å². The Balaban J connectivity index is 2.61. The summed E-state index contributed by atoms with van der Waals surface area (Å²) in [6, 6.07) is 0.0100. The van der Waals surface area contributed by atoms with Gasteiger partial charge in [-0.05, 0) is 45.5 Å². The molecule has 0 aliphatic carbocycles. The molecule has 0 aromatic rings. The second-order valence-electron chi connectivity index (χ2n) is 5.10. The maximum absolute atomic E-state index is 12.5. The number of hydrogen-bond donors (Lipinski definition) is 3. The third-order valence-corrected chi connectivity index (χ3v) is 5.28. The van der Waals surface area contributed by atoms with Crippen molar-refractivity contribution in [3.63, 3.8) is 0 Å². The number of carbonyl (C=O) groups is 1. The molecule has 106 valence electrons. The molecule has 1 rings (SSSR count). The van der Waals surface area contributed by atoms with Crippen molar-refractivity contribution in [2.24, 2.45) is 5.41 Å². The first-order valence-electron chi connectivity index (χ1n) is 6.75. The van der Waals surface area contributed by atoms with Gasteiger partial charge in [0.15, 0.2) is 0 Å². The number of thioether (sulfide) groups is 1. The predicted molar refractivity (Wildman–Crippen MR) is 76.8 cm³/mol. The van der Waals surface area contributed by atoms with Gasteiger partial charge in [0.1, 0.15) is 0 Å². The van der Waals surface area contributed by atoms with E-state index < -0.39 is 0 Å². The van der Waals surface area contributed by atoms with Crippen molar-refractivity contribution in [1.29, 1.82) is 0 Å². The van der Waals surface area contributed by atoms with Gasteiger partial charge in [-0.25, -0.2) is 0 Å². The monoisotopic (exact) mass is 274 g/mol. The minimum Gasteiger partial charge on any atom is -0.395 e. The van der Waals surface area contributed by atoms with Gasteiger partial charge in [0.25, 0.3) is 0 Å². The fourth-order valence-corrected chi connectivity index (χ4v) is 3.16. The largest absolute Gasteiger partial charge is 0.395 e. The van der Waals surface area contributed by atoms with Crippen LogP contribution in [0.2, 0.25) is 0 Å². The van der Waals surface area contributed by atoms with Gasteiger partial charge in [0.05, 0.1) is 12.0 Å². The zero-order chi connectivity index (χ0) is 13.6. The zero-order valence-corrected chi connectivity index (χ0v) is 12.5. The summed E-state index contributed by atoms with van der Waals surface area (Å²) in [5, 5.41) is 15.7. The predicted octanol–water partition coefficient (Wildman–Crippen LogP) is 0.995. The van der Waals surface area contributed by atoms with Crippen LogP contribution in [0.3, 0.4) is 0 Å². The van der Waals surface area contributed by atoms with Crippen LogP contribution in [0.1, 0.15) is 33.1 Å². The van der Waals surface area contributed by atoms with Crippen molar-refractivity contribution in [2.45, 2.75) is 44.4 Å². The quantitative estimate of drug-likeness (QED) is 0.676. The zero-order valence-electron chi connectivity index (χ0n) is 11.7. The molecule has 4 nitrogen and oxygen atoms in total. The molecule has 1 aliphatic rings. The van der Waals surface area contributed by atoms with E-state index in [-0.39, 0.29) is 29.2 Å². The average Bonchev–Trinajstić information content (AvgIpc) is 2.40. The number of hydrogen-bond acceptors (Lipinski definition) is 4. The van der Waals surface area contributed by atoms with E-state index in [0.29, 0.717) is 0 Å². The molecule has 18 heavy (non-hydrogen) atoms. The van der Waals surface area contributed by atoms with E-state index in [1.807, 2.05) is 13.2 Å². The molecule has 1 fully saturated rings. The molecule has 3 N–H and O–H groups in total. The lowest BCUT2D eigenvalue weighted by molar-refractivity contribution is -0.133. The van der Waals surface area contributed by atoms with E-state index in [2.05, 4.69) is 17.6 Å². The molecule has 0 radical (unpaired) electrons. The molecule has 0 bridgehead atoms. The Labute approximate surface area is 114 Å². The third-order valence-electron chi connectivity index (χ3n) is 4.12. The van der Waals surface area contributed by atoms with E-state index in [9.17, 15) is 9.90 Å². The van der Waals surface area contributed by atoms with Gasteiger partial charge in [-0.15, -0.1) is 0 Å². The van der Waals surface area contributed by atoms with Crippen molar-refractivity contribution < 1.29 is 9.90 Å². The van der Waals surface area contributed by atoms with Crippen molar-refractivity contribution >= 4 is 17.7 Å². The molecular formula is C13H26N2O2S. The van der Waals surface area contributed by atoms with Crippen LogP contribution in [0.5, 0.6) is 0 Å². The summed E-state index contributed by atoms with van der Waals surface area (Å²) in [6.45, 7) is 6.00. The molecule has 1 heterocycles. The number of rotatable bonds is 6. The highest BCUT2D eigenvalue weighted by Crippen LogP contribution is 2.33. The minimum absolute atomic E-state index is 0.0100. The number of amides is 1. The highest BCUT2D eigenvalue weighted by Gasteiger charge is 2.38. The Kier molecular flexibility index (Phi) is 6.46. The van der Waals surface area contributed by atoms with Crippen LogP contribution >= 0.6 is 11.8 Å². The van der Waals surface area contributed by atoms with Crippen LogP contribution in [0.15, 0.2) is 0 Å². The van der Waals surface area contributed by atoms with Gasteiger partial charge in [0, 0.05) is 11.3 Å². The van der Waals surface area contributed by atoms with Crippen LogP contribution in [0, 0.1) is 5.41 Å². The van der Waals surface area contributed by atoms with Gasteiger partial charge >= 0.3 is 0 Å². The molecule has 2 unspecified atom stereocenters. The van der Waals surface area contributed by atoms with E-state index >= 15 is 0 Å². The Morgan fingerprint density at radius 2 is 2.11 bits per heavy atom. The first kappa shape index (κ1) is 15.8. The SMILES string of the molecule is CCC1(C(=O)NC(C)C(CO)SC)CCNCC1. The van der Waals surface area contributed by atoms with Crippen molar-refractivity contribution in [2.75, 3.05) is 26.0 Å². The summed E-state index contributed by atoms with van der Waals surface area (Å²) in [7, 11) is 0. The van der Waals surface area contributed by atoms with Crippen molar-refractivity contribution in [1.82, 2.24) is 10.6 Å². The topological polar surface area (TPSA) is 61.4 Å². The summed E-state index contributed by atoms with van der Waals surface area (Å²) in [5.41, 5.74) is -0.210. The molecule has 2 atom stereocenters. The first-order valence-corrected chi connectivity index (χ1v) is 8.03. The maximum Gasteiger partial charge on any atom is 0.226 e. The van der Waals surface area contributed by atoms with Crippen LogP contribution in [-0.4, -0.2) is 48.3 Å². The van der Waals surface area contributed by atoms with Crippen molar-refractivity contribution in [3.05, 3.63) is 0 Å². The highest BCUT2D eigenvalue weighted by molar-refractivity contribution is 7.99. The highest BCUT2D eigenvalue weighted by atomic mass is 32.2. The van der Waals surface area contributed by atoms with E-state index in [0.717, 1.165) is 32.4 Å². The number of piperidine rings is 1. The molecule has 1 saturated heterocycles. The average molecular weight is 274 g/mol. The van der Waals surface area contributed by atoms with Crippen LogP contribution in [-0.2, 0) is 4.79 Å². The number of aliphatic hydroxyl groups excluding tert-OH is 1. The molecule has 0 aromatic carbocycles. The van der Waals surface area contributed by atoms with Gasteiger partial charge in [-0.3, -0.25) is 4.79 Å². The maximum atomic E-state index is 12.5. The molecule has 5 heteroatoms. The smallest absolute Gasteiger partial charge is 0.226 e. The fourth-order valence-electron chi connectivity index (χ4n) is 2.54. The second kappa shape index (κ2) is 7.36. The standard InChI is InChI=1S/C13H26N2O2S/c1-4-13(5-7-14-8-6-13)12(17)15-10(2)11(9-16)18-3/h10-11,14,16H,4-9H2,1-3H3,(H,15,17). The Morgan fingerprint density at radius 1 is 1.50 bits per heavy atom. The Bertz CT molecular complexity index is 264. The fraction of sp³-hybridized carbons (Fsp3) is 0.923. The van der Waals surface area contributed by atoms with Crippen molar-refractivity contribution in [3.8, 4) is 0 Å². The lowest BCUT2D eigenvalue weighted by Gasteiger charge is -2.37. The lowest BCUT2D eigenvalue weighted by atomic mass is 9.75. The van der Waals surface area contributed by atoms with Crippen LogP contribution < -0.4 is 10.6 Å². The van der Waals surface area contributed by atoms with Gasteiger partial charge in [0.2, 0.25) is 5.91 Å². The van der Waals surface area contributed by atoms with E-state index in [1.54, 1.807) is 11.8 Å². The first-order chi connectivity index (χ1) is 8.59. The molecule has 0 aromatic heterocycles. The third kappa shape index (κ3) is 3.62. The van der Waals surface area contributed by atoms with Gasteiger partial charge < -0.3 is 15.7 Å². The summed E-state index contributed by atoms with van der Waals surface area (Å²) >= 11 is 1.60. The summed E-state index contributed by atoms with van der Waals surface area (Å²) < 4.78 is 0. The van der Waals surface area contributed by atoms with E-state index in [4.69, 9.17) is 0 Å². The summed E-state index contributed by atoms with van der Waals surface area (Å²) in [5.74, 6) is 0.159. The van der Waals surface area contributed by atoms with Gasteiger partial charge in [-0.1, -0.05) is 6.92 Å². The molecular weight excluding hydrogens is 248 g/mol. The molecule has 1 amide bonds. The summed E-state index contributed by atoms with van der Waals surface area (Å²) in [6.07, 6.45) is 4.66. The normalized spacial score (nSPS) is 22.2. The Morgan fingerprint density at radius 3 is 2.56 bits per heavy atom. The summed E-state index contributed by atoms with van der Waals surface area (Å²) in [4.78, 5) is 12.5. The van der Waals surface area contributed by atoms with E-state index in [1.165, 1.54) is 0 Å². The molecule has 1 aliphatic heterocycles. The molecule has 0 saturated carbocycles. The van der Waals surface area contributed by atoms with Crippen LogP contribution in [0.4, 0.5) is 0 Å². The second-order valence-corrected chi connectivity index (χ2v) is 6.18. The molecule has 0 spiro atoms. The number of aliphatic hydroxyl groups is 1. The van der Waals surface area contributed by atoms with Gasteiger partial charge in [-0.2, -0.15) is 11.8 Å². The number of nitrogens with one attached hydrogen (secondary N) is 2. The lowest BCUT2D eigenvalue weighted by Crippen LogP contribution is -2.51. The number of carbonyl (C=O) groups excluding carboxylic acids is 1.